The normalized spacial score (nSPS) is 15.5. The van der Waals surface area contributed by atoms with E-state index in [9.17, 15) is 9.59 Å². The van der Waals surface area contributed by atoms with Crippen molar-refractivity contribution in [3.63, 3.8) is 0 Å². The third kappa shape index (κ3) is 5.70. The van der Waals surface area contributed by atoms with E-state index in [0.717, 1.165) is 25.1 Å². The van der Waals surface area contributed by atoms with Gasteiger partial charge in [-0.1, -0.05) is 0 Å². The van der Waals surface area contributed by atoms with Crippen molar-refractivity contribution in [3.8, 4) is 5.75 Å². The minimum atomic E-state index is -0.204. The van der Waals surface area contributed by atoms with Crippen molar-refractivity contribution in [2.45, 2.75) is 25.8 Å². The summed E-state index contributed by atoms with van der Waals surface area (Å²) in [6.45, 7) is 3.40. The molecule has 1 atom stereocenters. The van der Waals surface area contributed by atoms with Crippen molar-refractivity contribution >= 4 is 35.6 Å². The first-order valence-corrected chi connectivity index (χ1v) is 8.84. The fourth-order valence-electron chi connectivity index (χ4n) is 2.85. The second-order valence-corrected chi connectivity index (χ2v) is 6.13. The lowest BCUT2D eigenvalue weighted by Gasteiger charge is -2.11. The molecule has 144 valence electrons. The van der Waals surface area contributed by atoms with E-state index in [0.29, 0.717) is 23.5 Å². The van der Waals surface area contributed by atoms with Gasteiger partial charge in [-0.25, -0.2) is 0 Å². The molecule has 0 aromatic heterocycles. The van der Waals surface area contributed by atoms with Crippen molar-refractivity contribution < 1.29 is 14.3 Å². The van der Waals surface area contributed by atoms with Crippen LogP contribution in [0.15, 0.2) is 48.5 Å². The van der Waals surface area contributed by atoms with E-state index in [2.05, 4.69) is 16.0 Å². The molecule has 1 heterocycles. The minimum Gasteiger partial charge on any atom is -0.494 e. The lowest BCUT2D eigenvalue weighted by Crippen LogP contribution is -2.35. The fourth-order valence-corrected chi connectivity index (χ4v) is 2.85. The Hall–Kier alpha value is -2.57. The molecule has 0 spiro atoms. The van der Waals surface area contributed by atoms with Crippen molar-refractivity contribution in [2.75, 3.05) is 23.8 Å². The monoisotopic (exact) mass is 389 g/mol. The highest BCUT2D eigenvalue weighted by molar-refractivity contribution is 6.04. The van der Waals surface area contributed by atoms with Crippen LogP contribution in [0.25, 0.3) is 0 Å². The maximum Gasteiger partial charge on any atom is 0.255 e. The largest absolute Gasteiger partial charge is 0.494 e. The Bertz CT molecular complexity index is 757. The number of carbonyl (C=O) groups excluding carboxylic acids is 2. The van der Waals surface area contributed by atoms with Gasteiger partial charge in [0.05, 0.1) is 12.6 Å². The summed E-state index contributed by atoms with van der Waals surface area (Å²) in [4.78, 5) is 24.4. The summed E-state index contributed by atoms with van der Waals surface area (Å²) in [7, 11) is 0. The van der Waals surface area contributed by atoms with Gasteiger partial charge >= 0.3 is 0 Å². The zero-order valence-corrected chi connectivity index (χ0v) is 16.0. The number of hydrogen-bond acceptors (Lipinski definition) is 4. The van der Waals surface area contributed by atoms with Crippen molar-refractivity contribution in [2.24, 2.45) is 0 Å². The number of halogens is 1. The maximum atomic E-state index is 12.3. The predicted molar refractivity (Wildman–Crippen MR) is 109 cm³/mol. The molecule has 6 nitrogen and oxygen atoms in total. The number of nitrogens with one attached hydrogen (secondary N) is 3. The molecule has 3 rings (SSSR count). The first-order valence-electron chi connectivity index (χ1n) is 8.84. The minimum absolute atomic E-state index is 0. The van der Waals surface area contributed by atoms with Gasteiger partial charge in [-0.2, -0.15) is 0 Å². The summed E-state index contributed by atoms with van der Waals surface area (Å²) in [6, 6.07) is 14.0. The molecule has 2 amide bonds. The molecular formula is C20H24ClN3O3. The van der Waals surface area contributed by atoms with Gasteiger partial charge in [-0.3, -0.25) is 9.59 Å². The molecule has 1 aliphatic rings. The van der Waals surface area contributed by atoms with Gasteiger partial charge in [0.15, 0.2) is 0 Å². The van der Waals surface area contributed by atoms with Gasteiger partial charge < -0.3 is 20.7 Å². The smallest absolute Gasteiger partial charge is 0.255 e. The zero-order valence-electron chi connectivity index (χ0n) is 15.2. The lowest BCUT2D eigenvalue weighted by atomic mass is 10.1. The highest BCUT2D eigenvalue weighted by Crippen LogP contribution is 2.17. The Kier molecular flexibility index (Phi) is 7.64. The molecule has 3 N–H and O–H groups in total. The van der Waals surface area contributed by atoms with Gasteiger partial charge in [-0.05, 0) is 74.8 Å². The number of rotatable bonds is 6. The third-order valence-electron chi connectivity index (χ3n) is 4.21. The van der Waals surface area contributed by atoms with Gasteiger partial charge in [0.1, 0.15) is 5.75 Å². The molecule has 0 radical (unpaired) electrons. The number of ether oxygens (including phenoxy) is 1. The van der Waals surface area contributed by atoms with E-state index in [4.69, 9.17) is 4.74 Å². The van der Waals surface area contributed by atoms with Crippen LogP contribution in [-0.2, 0) is 4.79 Å². The van der Waals surface area contributed by atoms with E-state index in [-0.39, 0.29) is 30.3 Å². The molecule has 2 aromatic carbocycles. The average Bonchev–Trinajstić information content (AvgIpc) is 3.19. The van der Waals surface area contributed by atoms with Crippen molar-refractivity contribution in [1.82, 2.24) is 5.32 Å². The van der Waals surface area contributed by atoms with Gasteiger partial charge in [-0.15, -0.1) is 12.4 Å². The molecule has 0 aliphatic carbocycles. The number of amides is 2. The first-order chi connectivity index (χ1) is 12.7. The number of hydrogen-bond donors (Lipinski definition) is 3. The fraction of sp³-hybridized carbons (Fsp3) is 0.300. The van der Waals surface area contributed by atoms with Crippen LogP contribution in [-0.4, -0.2) is 31.0 Å². The quantitative estimate of drug-likeness (QED) is 0.707. The van der Waals surface area contributed by atoms with Crippen molar-refractivity contribution in [3.05, 3.63) is 54.1 Å². The van der Waals surface area contributed by atoms with Crippen LogP contribution in [0.4, 0.5) is 11.4 Å². The van der Waals surface area contributed by atoms with Crippen LogP contribution < -0.4 is 20.7 Å². The molecule has 27 heavy (non-hydrogen) atoms. The number of benzene rings is 2. The van der Waals surface area contributed by atoms with Crippen LogP contribution in [0, 0.1) is 0 Å². The maximum absolute atomic E-state index is 12.3. The Labute approximate surface area is 165 Å². The summed E-state index contributed by atoms with van der Waals surface area (Å²) in [5, 5.41) is 8.87. The summed E-state index contributed by atoms with van der Waals surface area (Å²) in [5.41, 5.74) is 1.90. The Morgan fingerprint density at radius 1 is 1.04 bits per heavy atom. The van der Waals surface area contributed by atoms with E-state index >= 15 is 0 Å². The average molecular weight is 390 g/mol. The number of carbonyl (C=O) groups is 2. The standard InChI is InChI=1S/C20H23N3O3.ClH/c1-2-26-17-11-9-16(10-12-17)22-19(24)14-5-7-15(8-6-14)23-20(25)18-4-3-13-21-18;/h5-12,18,21H,2-4,13H2,1H3,(H,22,24)(H,23,25);1H. The highest BCUT2D eigenvalue weighted by atomic mass is 35.5. The lowest BCUT2D eigenvalue weighted by molar-refractivity contribution is -0.117. The van der Waals surface area contributed by atoms with Gasteiger partial charge in [0, 0.05) is 16.9 Å². The van der Waals surface area contributed by atoms with E-state index in [1.165, 1.54) is 0 Å². The molecular weight excluding hydrogens is 366 g/mol. The SMILES string of the molecule is CCOc1ccc(NC(=O)c2ccc(NC(=O)C3CCCN3)cc2)cc1.Cl. The summed E-state index contributed by atoms with van der Waals surface area (Å²) in [5.74, 6) is 0.529. The van der Waals surface area contributed by atoms with E-state index < -0.39 is 0 Å². The summed E-state index contributed by atoms with van der Waals surface area (Å²) < 4.78 is 5.38. The summed E-state index contributed by atoms with van der Waals surface area (Å²) >= 11 is 0. The van der Waals surface area contributed by atoms with Crippen LogP contribution in [0.2, 0.25) is 0 Å². The van der Waals surface area contributed by atoms with Crippen LogP contribution >= 0.6 is 12.4 Å². The van der Waals surface area contributed by atoms with E-state index in [1.807, 2.05) is 19.1 Å². The Balaban J connectivity index is 0.00000261. The highest BCUT2D eigenvalue weighted by Gasteiger charge is 2.21. The first kappa shape index (κ1) is 20.7. The molecule has 1 fully saturated rings. The molecule has 1 aliphatic heterocycles. The Morgan fingerprint density at radius 2 is 1.67 bits per heavy atom. The van der Waals surface area contributed by atoms with Gasteiger partial charge in [0.25, 0.3) is 5.91 Å². The number of anilines is 2. The van der Waals surface area contributed by atoms with Crippen LogP contribution in [0.3, 0.4) is 0 Å². The third-order valence-corrected chi connectivity index (χ3v) is 4.21. The molecule has 2 aromatic rings. The van der Waals surface area contributed by atoms with Crippen molar-refractivity contribution in [1.29, 1.82) is 0 Å². The van der Waals surface area contributed by atoms with Crippen LogP contribution in [0.5, 0.6) is 5.75 Å². The van der Waals surface area contributed by atoms with E-state index in [1.54, 1.807) is 36.4 Å². The molecule has 1 unspecified atom stereocenters. The Morgan fingerprint density at radius 3 is 2.26 bits per heavy atom. The van der Waals surface area contributed by atoms with Crippen LogP contribution in [0.1, 0.15) is 30.1 Å². The topological polar surface area (TPSA) is 79.5 Å². The predicted octanol–water partition coefficient (Wildman–Crippen LogP) is 3.45. The zero-order chi connectivity index (χ0) is 18.4. The molecule has 0 bridgehead atoms. The molecule has 7 heteroatoms. The molecule has 1 saturated heterocycles. The second kappa shape index (κ2) is 9.94. The summed E-state index contributed by atoms with van der Waals surface area (Å²) in [6.07, 6.45) is 1.87. The van der Waals surface area contributed by atoms with Gasteiger partial charge in [0.2, 0.25) is 5.91 Å². The second-order valence-electron chi connectivity index (χ2n) is 6.13. The molecule has 0 saturated carbocycles.